The quantitative estimate of drug-likeness (QED) is 0.762. The topological polar surface area (TPSA) is 76.3 Å². The van der Waals surface area contributed by atoms with Gasteiger partial charge in [0.1, 0.15) is 12.3 Å². The number of nitrogens with zero attached hydrogens (tertiary/aromatic N) is 4. The van der Waals surface area contributed by atoms with E-state index in [9.17, 15) is 9.59 Å². The lowest BCUT2D eigenvalue weighted by Gasteiger charge is -2.10. The number of halogens is 1. The first-order valence-electron chi connectivity index (χ1n) is 7.73. The Labute approximate surface area is 149 Å². The minimum atomic E-state index is -0.395. The third-order valence-electron chi connectivity index (χ3n) is 3.63. The van der Waals surface area contributed by atoms with Gasteiger partial charge in [0.2, 0.25) is 0 Å². The number of hydrogen-bond donors (Lipinski definition) is 0. The Hall–Kier alpha value is -2.51. The van der Waals surface area contributed by atoms with Crippen molar-refractivity contribution in [3.05, 3.63) is 35.5 Å². The number of carbonyl (C=O) groups excluding carboxylic acids is 2. The normalized spacial score (nSPS) is 16.8. The van der Waals surface area contributed by atoms with Gasteiger partial charge in [-0.1, -0.05) is 17.7 Å². The molecule has 0 N–H and O–H groups in total. The zero-order chi connectivity index (χ0) is 18.0. The van der Waals surface area contributed by atoms with Crippen molar-refractivity contribution >= 4 is 40.1 Å². The van der Waals surface area contributed by atoms with Crippen LogP contribution in [0.3, 0.4) is 0 Å². The number of aliphatic imine (C=N–C) groups is 1. The number of hydrogen-bond acceptors (Lipinski definition) is 6. The number of ketones is 2. The lowest BCUT2D eigenvalue weighted by molar-refractivity contribution is -0.121. The molecular weight excluding hydrogens is 344 g/mol. The van der Waals surface area contributed by atoms with Gasteiger partial charge in [0.15, 0.2) is 17.3 Å². The predicted octanol–water partition coefficient (Wildman–Crippen LogP) is 2.01. The van der Waals surface area contributed by atoms with Crippen molar-refractivity contribution in [2.45, 2.75) is 6.42 Å². The molecule has 0 bridgehead atoms. The summed E-state index contributed by atoms with van der Waals surface area (Å²) in [7, 11) is 3.89. The number of rotatable bonds is 5. The van der Waals surface area contributed by atoms with Crippen LogP contribution in [0.4, 0.5) is 5.69 Å². The molecule has 2 aromatic heterocycles. The van der Waals surface area contributed by atoms with Crippen molar-refractivity contribution in [2.24, 2.45) is 4.99 Å². The van der Waals surface area contributed by atoms with Gasteiger partial charge in [-0.3, -0.25) is 9.59 Å². The Kier molecular flexibility index (Phi) is 4.96. The van der Waals surface area contributed by atoms with Crippen molar-refractivity contribution in [1.29, 1.82) is 0 Å². The largest absolute Gasteiger partial charge is 0.474 e. The summed E-state index contributed by atoms with van der Waals surface area (Å²) in [5.74, 6) is -0.438. The molecule has 0 spiro atoms. The number of aromatic nitrogens is 2. The molecule has 130 valence electrons. The summed E-state index contributed by atoms with van der Waals surface area (Å²) in [4.78, 5) is 30.0. The molecule has 0 unspecified atom stereocenters. The fraction of sp³-hybridized carbons (Fsp3) is 0.294. The van der Waals surface area contributed by atoms with E-state index in [0.717, 1.165) is 0 Å². The van der Waals surface area contributed by atoms with Gasteiger partial charge in [0, 0.05) is 12.7 Å². The third kappa shape index (κ3) is 3.78. The van der Waals surface area contributed by atoms with E-state index in [1.165, 1.54) is 6.08 Å². The highest BCUT2D eigenvalue weighted by atomic mass is 35.5. The van der Waals surface area contributed by atoms with Crippen LogP contribution >= 0.6 is 11.6 Å². The van der Waals surface area contributed by atoms with Crippen LogP contribution in [0.2, 0.25) is 0 Å². The monoisotopic (exact) mass is 360 g/mol. The van der Waals surface area contributed by atoms with Crippen LogP contribution in [0.25, 0.3) is 5.52 Å². The Bertz CT molecular complexity index is 898. The first-order chi connectivity index (χ1) is 12.0. The number of likely N-dealkylation sites (N-methyl/N-ethyl adjacent to an activating group) is 1. The van der Waals surface area contributed by atoms with E-state index in [4.69, 9.17) is 16.3 Å². The SMILES string of the molecule is CN(C)CCOc1nn2ccccc2c1N=C1C=C(Cl)C(=O)CC1=O. The summed E-state index contributed by atoms with van der Waals surface area (Å²) < 4.78 is 7.38. The van der Waals surface area contributed by atoms with E-state index in [1.54, 1.807) is 10.7 Å². The van der Waals surface area contributed by atoms with Crippen LogP contribution in [0.15, 0.2) is 40.5 Å². The predicted molar refractivity (Wildman–Crippen MR) is 94.9 cm³/mol. The number of ether oxygens (including phenoxy) is 1. The summed E-state index contributed by atoms with van der Waals surface area (Å²) >= 11 is 5.86. The van der Waals surface area contributed by atoms with Gasteiger partial charge in [-0.05, 0) is 32.3 Å². The molecule has 0 aliphatic heterocycles. The second-order valence-corrected chi connectivity index (χ2v) is 6.26. The smallest absolute Gasteiger partial charge is 0.260 e. The highest BCUT2D eigenvalue weighted by molar-refractivity contribution is 6.57. The molecule has 1 aliphatic rings. The summed E-state index contributed by atoms with van der Waals surface area (Å²) in [6.45, 7) is 1.14. The Balaban J connectivity index is 2.03. The van der Waals surface area contributed by atoms with Gasteiger partial charge >= 0.3 is 0 Å². The van der Waals surface area contributed by atoms with E-state index in [2.05, 4.69) is 10.1 Å². The van der Waals surface area contributed by atoms with E-state index >= 15 is 0 Å². The zero-order valence-corrected chi connectivity index (χ0v) is 14.7. The summed E-state index contributed by atoms with van der Waals surface area (Å²) in [5.41, 5.74) is 1.27. The first kappa shape index (κ1) is 17.3. The zero-order valence-electron chi connectivity index (χ0n) is 13.9. The van der Waals surface area contributed by atoms with Gasteiger partial charge in [-0.25, -0.2) is 9.51 Å². The number of allylic oxidation sites excluding steroid dienone is 2. The number of pyridine rings is 1. The summed E-state index contributed by atoms with van der Waals surface area (Å²) in [6.07, 6.45) is 2.79. The van der Waals surface area contributed by atoms with Gasteiger partial charge in [0.05, 0.1) is 17.0 Å². The molecule has 2 aromatic rings. The average molecular weight is 361 g/mol. The van der Waals surface area contributed by atoms with Crippen LogP contribution in [0.5, 0.6) is 5.88 Å². The van der Waals surface area contributed by atoms with Gasteiger partial charge in [-0.2, -0.15) is 0 Å². The highest BCUT2D eigenvalue weighted by Crippen LogP contribution is 2.32. The lowest BCUT2D eigenvalue weighted by Crippen LogP contribution is -2.22. The Morgan fingerprint density at radius 2 is 2.12 bits per heavy atom. The van der Waals surface area contributed by atoms with E-state index in [-0.39, 0.29) is 22.9 Å². The number of Topliss-reactive ketones (excluding diaryl/α,β-unsaturated/α-hetero) is 2. The molecule has 1 aliphatic carbocycles. The molecule has 0 saturated carbocycles. The maximum atomic E-state index is 12.1. The fourth-order valence-electron chi connectivity index (χ4n) is 2.31. The van der Waals surface area contributed by atoms with Crippen molar-refractivity contribution in [3.63, 3.8) is 0 Å². The van der Waals surface area contributed by atoms with Gasteiger partial charge in [-0.15, -0.1) is 5.10 Å². The molecule has 2 heterocycles. The maximum Gasteiger partial charge on any atom is 0.260 e. The van der Waals surface area contributed by atoms with E-state index < -0.39 is 5.78 Å². The molecule has 7 nitrogen and oxygen atoms in total. The van der Waals surface area contributed by atoms with Crippen LogP contribution < -0.4 is 4.74 Å². The van der Waals surface area contributed by atoms with Gasteiger partial charge < -0.3 is 9.64 Å². The van der Waals surface area contributed by atoms with E-state index in [1.807, 2.05) is 37.2 Å². The molecule has 8 heteroatoms. The second kappa shape index (κ2) is 7.16. The molecule has 25 heavy (non-hydrogen) atoms. The molecule has 0 saturated heterocycles. The minimum absolute atomic E-state index is 0.00454. The molecule has 0 amide bonds. The van der Waals surface area contributed by atoms with Crippen LogP contribution in [0, 0.1) is 0 Å². The van der Waals surface area contributed by atoms with Crippen molar-refractivity contribution < 1.29 is 14.3 Å². The average Bonchev–Trinajstić information content (AvgIpc) is 2.90. The highest BCUT2D eigenvalue weighted by Gasteiger charge is 2.25. The van der Waals surface area contributed by atoms with Crippen molar-refractivity contribution in [2.75, 3.05) is 27.2 Å². The fourth-order valence-corrected chi connectivity index (χ4v) is 2.48. The lowest BCUT2D eigenvalue weighted by atomic mass is 10.0. The van der Waals surface area contributed by atoms with Crippen LogP contribution in [-0.2, 0) is 9.59 Å². The Morgan fingerprint density at radius 3 is 2.88 bits per heavy atom. The number of carbonyl (C=O) groups is 2. The molecule has 0 atom stereocenters. The molecule has 3 rings (SSSR count). The summed E-state index contributed by atoms with van der Waals surface area (Å²) in [6, 6.07) is 5.51. The summed E-state index contributed by atoms with van der Waals surface area (Å²) in [5, 5.41) is 4.38. The molecule has 0 radical (unpaired) electrons. The molecular formula is C17H17ClN4O3. The Morgan fingerprint density at radius 1 is 1.32 bits per heavy atom. The maximum absolute atomic E-state index is 12.1. The van der Waals surface area contributed by atoms with E-state index in [0.29, 0.717) is 30.2 Å². The van der Waals surface area contributed by atoms with Crippen molar-refractivity contribution in [1.82, 2.24) is 14.5 Å². The third-order valence-corrected chi connectivity index (χ3v) is 3.95. The second-order valence-electron chi connectivity index (χ2n) is 5.85. The van der Waals surface area contributed by atoms with Crippen molar-refractivity contribution in [3.8, 4) is 5.88 Å². The molecule has 0 fully saturated rings. The standard InChI is InChI=1S/C17H17ClN4O3/c1-21(2)7-8-25-17-16(13-5-3-4-6-22(13)20-17)19-12-9-11(18)14(23)10-15(12)24/h3-6,9H,7-8,10H2,1-2H3. The molecule has 0 aromatic carbocycles. The van der Waals surface area contributed by atoms with Gasteiger partial charge in [0.25, 0.3) is 5.88 Å². The number of fused-ring (bicyclic) bond motifs is 1. The van der Waals surface area contributed by atoms with Crippen LogP contribution in [0.1, 0.15) is 6.42 Å². The van der Waals surface area contributed by atoms with Crippen LogP contribution in [-0.4, -0.2) is 59.0 Å². The minimum Gasteiger partial charge on any atom is -0.474 e. The first-order valence-corrected chi connectivity index (χ1v) is 8.10.